The molecule has 0 aliphatic heterocycles. The Morgan fingerprint density at radius 2 is 2.05 bits per heavy atom. The van der Waals surface area contributed by atoms with E-state index in [1.165, 1.54) is 30.6 Å². The summed E-state index contributed by atoms with van der Waals surface area (Å²) in [5, 5.41) is 8.96. The first-order chi connectivity index (χ1) is 9.88. The highest BCUT2D eigenvalue weighted by atomic mass is 19.4. The summed E-state index contributed by atoms with van der Waals surface area (Å²) in [7, 11) is 0. The van der Waals surface area contributed by atoms with Gasteiger partial charge in [-0.15, -0.1) is 0 Å². The van der Waals surface area contributed by atoms with Crippen LogP contribution in [0.5, 0.6) is 5.75 Å². The highest BCUT2D eigenvalue weighted by Gasteiger charge is 2.30. The Morgan fingerprint density at radius 1 is 1.29 bits per heavy atom. The lowest BCUT2D eigenvalue weighted by atomic mass is 10.1. The number of carboxylic acids is 1. The summed E-state index contributed by atoms with van der Waals surface area (Å²) in [6, 6.07) is 5.89. The van der Waals surface area contributed by atoms with Gasteiger partial charge in [-0.1, -0.05) is 12.1 Å². The Labute approximate surface area is 117 Å². The largest absolute Gasteiger partial charge is 0.486 e. The molecule has 0 aliphatic rings. The van der Waals surface area contributed by atoms with E-state index >= 15 is 0 Å². The molecular weight excluding hydrogens is 287 g/mol. The number of aromatic carboxylic acids is 1. The highest BCUT2D eigenvalue weighted by Crippen LogP contribution is 2.29. The molecule has 1 N–H and O–H groups in total. The monoisotopic (exact) mass is 297 g/mol. The van der Waals surface area contributed by atoms with Crippen LogP contribution < -0.4 is 4.74 Å². The Bertz CT molecular complexity index is 656. The van der Waals surface area contributed by atoms with Crippen LogP contribution in [0.1, 0.15) is 21.5 Å². The molecule has 1 aromatic carbocycles. The Morgan fingerprint density at radius 3 is 2.71 bits per heavy atom. The number of halogens is 3. The van der Waals surface area contributed by atoms with Gasteiger partial charge in [-0.2, -0.15) is 13.2 Å². The number of aromatic nitrogens is 1. The number of carbonyl (C=O) groups is 1. The van der Waals surface area contributed by atoms with Gasteiger partial charge in [-0.25, -0.2) is 4.79 Å². The number of alkyl halides is 3. The first-order valence-corrected chi connectivity index (χ1v) is 5.84. The predicted molar refractivity (Wildman–Crippen MR) is 67.0 cm³/mol. The van der Waals surface area contributed by atoms with E-state index in [1.54, 1.807) is 0 Å². The number of hydrogen-bond acceptors (Lipinski definition) is 3. The zero-order valence-corrected chi connectivity index (χ0v) is 10.6. The molecule has 0 atom stereocenters. The fourth-order valence-corrected chi connectivity index (χ4v) is 1.67. The van der Waals surface area contributed by atoms with Gasteiger partial charge in [0.25, 0.3) is 0 Å². The third-order valence-corrected chi connectivity index (χ3v) is 2.66. The second kappa shape index (κ2) is 5.82. The summed E-state index contributed by atoms with van der Waals surface area (Å²) in [6.45, 7) is -0.185. The van der Waals surface area contributed by atoms with Crippen LogP contribution in [0.3, 0.4) is 0 Å². The van der Waals surface area contributed by atoms with Crippen molar-refractivity contribution in [2.75, 3.05) is 0 Å². The van der Waals surface area contributed by atoms with E-state index in [0.29, 0.717) is 0 Å². The Hall–Kier alpha value is -2.57. The summed E-state index contributed by atoms with van der Waals surface area (Å²) in [5.74, 6) is -1.20. The zero-order valence-electron chi connectivity index (χ0n) is 10.6. The van der Waals surface area contributed by atoms with Gasteiger partial charge in [0, 0.05) is 6.20 Å². The third-order valence-electron chi connectivity index (χ3n) is 2.66. The van der Waals surface area contributed by atoms with Crippen molar-refractivity contribution in [1.29, 1.82) is 0 Å². The molecule has 0 spiro atoms. The average molecular weight is 297 g/mol. The first-order valence-electron chi connectivity index (χ1n) is 5.84. The predicted octanol–water partition coefficient (Wildman–Crippen LogP) is 3.38. The van der Waals surface area contributed by atoms with Crippen LogP contribution in [0.15, 0.2) is 42.7 Å². The number of pyridine rings is 1. The minimum atomic E-state index is -4.43. The van der Waals surface area contributed by atoms with Crippen molar-refractivity contribution in [3.05, 3.63) is 59.4 Å². The molecule has 1 heterocycles. The lowest BCUT2D eigenvalue weighted by Gasteiger charge is -2.11. The Kier molecular flexibility index (Phi) is 4.11. The summed E-state index contributed by atoms with van der Waals surface area (Å²) in [5.41, 5.74) is -0.602. The van der Waals surface area contributed by atoms with E-state index in [9.17, 15) is 18.0 Å². The van der Waals surface area contributed by atoms with Gasteiger partial charge < -0.3 is 9.84 Å². The second-order valence-electron chi connectivity index (χ2n) is 4.16. The number of nitrogens with zero attached hydrogens (tertiary/aromatic N) is 1. The van der Waals surface area contributed by atoms with Gasteiger partial charge in [0.1, 0.15) is 12.2 Å². The molecule has 4 nitrogen and oxygen atoms in total. The van der Waals surface area contributed by atoms with Crippen molar-refractivity contribution >= 4 is 5.97 Å². The van der Waals surface area contributed by atoms with Gasteiger partial charge in [-0.3, -0.25) is 4.98 Å². The van der Waals surface area contributed by atoms with E-state index in [0.717, 1.165) is 12.1 Å². The van der Waals surface area contributed by atoms with E-state index in [4.69, 9.17) is 9.84 Å². The molecule has 110 valence electrons. The van der Waals surface area contributed by atoms with Crippen LogP contribution in [0.4, 0.5) is 13.2 Å². The van der Waals surface area contributed by atoms with E-state index in [-0.39, 0.29) is 23.5 Å². The molecule has 0 fully saturated rings. The van der Waals surface area contributed by atoms with Crippen molar-refractivity contribution in [1.82, 2.24) is 4.98 Å². The summed E-state index contributed by atoms with van der Waals surface area (Å²) < 4.78 is 43.0. The van der Waals surface area contributed by atoms with E-state index < -0.39 is 17.7 Å². The van der Waals surface area contributed by atoms with Crippen LogP contribution in [0.25, 0.3) is 0 Å². The van der Waals surface area contributed by atoms with Gasteiger partial charge in [0.15, 0.2) is 5.75 Å². The van der Waals surface area contributed by atoms with Crippen LogP contribution in [0.2, 0.25) is 0 Å². The molecule has 2 aromatic rings. The van der Waals surface area contributed by atoms with Crippen molar-refractivity contribution < 1.29 is 27.8 Å². The lowest BCUT2D eigenvalue weighted by Crippen LogP contribution is -2.07. The quantitative estimate of drug-likeness (QED) is 0.940. The van der Waals surface area contributed by atoms with Crippen molar-refractivity contribution in [2.45, 2.75) is 12.8 Å². The smallest absolute Gasteiger partial charge is 0.416 e. The maximum Gasteiger partial charge on any atom is 0.416 e. The molecule has 0 saturated heterocycles. The standard InChI is InChI=1S/C14H10F3NO3/c15-14(16,17)10-3-1-2-9(6-10)8-21-12-7-18-5-4-11(12)13(19)20/h1-7H,8H2,(H,19,20). The molecule has 0 amide bonds. The van der Waals surface area contributed by atoms with Crippen LogP contribution >= 0.6 is 0 Å². The summed E-state index contributed by atoms with van der Waals surface area (Å²) in [4.78, 5) is 14.7. The lowest BCUT2D eigenvalue weighted by molar-refractivity contribution is -0.137. The minimum Gasteiger partial charge on any atom is -0.486 e. The zero-order chi connectivity index (χ0) is 15.5. The average Bonchev–Trinajstić information content (AvgIpc) is 2.45. The second-order valence-corrected chi connectivity index (χ2v) is 4.16. The topological polar surface area (TPSA) is 59.4 Å². The van der Waals surface area contributed by atoms with Crippen LogP contribution in [0, 0.1) is 0 Å². The highest BCUT2D eigenvalue weighted by molar-refractivity contribution is 5.90. The summed E-state index contributed by atoms with van der Waals surface area (Å²) in [6.07, 6.45) is -1.94. The maximum atomic E-state index is 12.6. The number of carboxylic acid groups (broad SMARTS) is 1. The SMILES string of the molecule is O=C(O)c1ccncc1OCc1cccc(C(F)(F)F)c1. The minimum absolute atomic E-state index is 0.00223. The molecule has 0 radical (unpaired) electrons. The number of benzene rings is 1. The van der Waals surface area contributed by atoms with Crippen LogP contribution in [-0.2, 0) is 12.8 Å². The number of hydrogen-bond donors (Lipinski definition) is 1. The van der Waals surface area contributed by atoms with Gasteiger partial charge in [0.2, 0.25) is 0 Å². The molecule has 0 bridgehead atoms. The molecular formula is C14H10F3NO3. The molecule has 1 aromatic heterocycles. The van der Waals surface area contributed by atoms with Crippen molar-refractivity contribution in [3.63, 3.8) is 0 Å². The maximum absolute atomic E-state index is 12.6. The molecule has 21 heavy (non-hydrogen) atoms. The summed E-state index contributed by atoms with van der Waals surface area (Å²) >= 11 is 0. The fraction of sp³-hybridized carbons (Fsp3) is 0.143. The fourth-order valence-electron chi connectivity index (χ4n) is 1.67. The molecule has 7 heteroatoms. The molecule has 0 unspecified atom stereocenters. The van der Waals surface area contributed by atoms with Crippen molar-refractivity contribution in [3.8, 4) is 5.75 Å². The number of rotatable bonds is 4. The van der Waals surface area contributed by atoms with Crippen molar-refractivity contribution in [2.24, 2.45) is 0 Å². The number of ether oxygens (including phenoxy) is 1. The van der Waals surface area contributed by atoms with E-state index in [2.05, 4.69) is 4.98 Å². The van der Waals surface area contributed by atoms with Gasteiger partial charge >= 0.3 is 12.1 Å². The van der Waals surface area contributed by atoms with Gasteiger partial charge in [-0.05, 0) is 23.8 Å². The normalized spacial score (nSPS) is 11.2. The molecule has 0 saturated carbocycles. The molecule has 2 rings (SSSR count). The Balaban J connectivity index is 2.16. The molecule has 0 aliphatic carbocycles. The third kappa shape index (κ3) is 3.71. The van der Waals surface area contributed by atoms with E-state index in [1.807, 2.05) is 0 Å². The van der Waals surface area contributed by atoms with Gasteiger partial charge in [0.05, 0.1) is 11.8 Å². The first kappa shape index (κ1) is 14.8. The van der Waals surface area contributed by atoms with Crippen LogP contribution in [-0.4, -0.2) is 16.1 Å².